The van der Waals surface area contributed by atoms with Crippen LogP contribution in [0.1, 0.15) is 35.2 Å². The number of hydrogen-bond donors (Lipinski definition) is 1. The Kier molecular flexibility index (Phi) is 4.78. The summed E-state index contributed by atoms with van der Waals surface area (Å²) in [6, 6.07) is 4.56. The first-order valence-electron chi connectivity index (χ1n) is 9.42. The fourth-order valence-corrected chi connectivity index (χ4v) is 4.28. The molecule has 0 unspecified atom stereocenters. The molecular formula is C20H23FN4O3. The van der Waals surface area contributed by atoms with Crippen LogP contribution in [0.4, 0.5) is 4.39 Å². The lowest BCUT2D eigenvalue weighted by Crippen LogP contribution is -2.50. The zero-order chi connectivity index (χ0) is 19.7. The van der Waals surface area contributed by atoms with E-state index in [4.69, 9.17) is 4.74 Å². The molecule has 1 N–H and O–H groups in total. The normalized spacial score (nSPS) is 22.1. The molecule has 1 aromatic carbocycles. The summed E-state index contributed by atoms with van der Waals surface area (Å²) in [5.41, 5.74) is 0.359. The van der Waals surface area contributed by atoms with Crippen LogP contribution in [0.5, 0.6) is 5.75 Å². The molecule has 2 aliphatic rings. The van der Waals surface area contributed by atoms with E-state index in [0.717, 1.165) is 12.8 Å². The molecule has 2 aliphatic heterocycles. The fourth-order valence-electron chi connectivity index (χ4n) is 4.28. The van der Waals surface area contributed by atoms with Gasteiger partial charge in [0.15, 0.2) is 0 Å². The number of amides is 2. The van der Waals surface area contributed by atoms with E-state index in [2.05, 4.69) is 10.2 Å². The van der Waals surface area contributed by atoms with Crippen molar-refractivity contribution >= 4 is 11.8 Å². The van der Waals surface area contributed by atoms with Crippen LogP contribution >= 0.6 is 0 Å². The van der Waals surface area contributed by atoms with Crippen LogP contribution in [-0.2, 0) is 11.3 Å². The van der Waals surface area contributed by atoms with Crippen LogP contribution in [0.15, 0.2) is 30.6 Å². The van der Waals surface area contributed by atoms with E-state index < -0.39 is 5.41 Å². The predicted molar refractivity (Wildman–Crippen MR) is 99.1 cm³/mol. The Balaban J connectivity index is 1.50. The van der Waals surface area contributed by atoms with Crippen molar-refractivity contribution in [3.8, 4) is 5.75 Å². The van der Waals surface area contributed by atoms with Crippen molar-refractivity contribution in [1.29, 1.82) is 0 Å². The highest BCUT2D eigenvalue weighted by atomic mass is 19.1. The molecular weight excluding hydrogens is 363 g/mol. The zero-order valence-electron chi connectivity index (χ0n) is 15.8. The van der Waals surface area contributed by atoms with Crippen molar-refractivity contribution in [3.63, 3.8) is 0 Å². The van der Waals surface area contributed by atoms with Gasteiger partial charge < -0.3 is 14.5 Å². The summed E-state index contributed by atoms with van der Waals surface area (Å²) in [7, 11) is 1.53. The minimum atomic E-state index is -0.576. The molecule has 3 heterocycles. The Morgan fingerprint density at radius 1 is 1.36 bits per heavy atom. The summed E-state index contributed by atoms with van der Waals surface area (Å²) in [6.45, 7) is 1.73. The minimum absolute atomic E-state index is 0.00321. The number of hydrogen-bond acceptors (Lipinski definition) is 4. The van der Waals surface area contributed by atoms with Gasteiger partial charge in [-0.05, 0) is 37.5 Å². The SMILES string of the molecule is COc1ccc(F)c(CN2CCC[C@]3(CCN(C(=O)c4cn[nH]c4)C3)C2=O)c1. The van der Waals surface area contributed by atoms with Gasteiger partial charge in [-0.15, -0.1) is 0 Å². The van der Waals surface area contributed by atoms with Crippen molar-refractivity contribution in [3.05, 3.63) is 47.5 Å². The van der Waals surface area contributed by atoms with Crippen LogP contribution in [0.3, 0.4) is 0 Å². The average molecular weight is 386 g/mol. The first kappa shape index (κ1) is 18.5. The van der Waals surface area contributed by atoms with Crippen LogP contribution in [0, 0.1) is 11.2 Å². The molecule has 8 heteroatoms. The Labute approximate surface area is 162 Å². The summed E-state index contributed by atoms with van der Waals surface area (Å²) in [6.07, 6.45) is 5.28. The largest absolute Gasteiger partial charge is 0.497 e. The molecule has 1 atom stereocenters. The number of methoxy groups -OCH3 is 1. The summed E-state index contributed by atoms with van der Waals surface area (Å²) in [4.78, 5) is 29.3. The van der Waals surface area contributed by atoms with Crippen molar-refractivity contribution in [1.82, 2.24) is 20.0 Å². The molecule has 4 rings (SSSR count). The molecule has 148 valence electrons. The molecule has 2 fully saturated rings. The molecule has 2 aromatic rings. The molecule has 7 nitrogen and oxygen atoms in total. The maximum atomic E-state index is 14.2. The third kappa shape index (κ3) is 3.23. The fraction of sp³-hybridized carbons (Fsp3) is 0.450. The molecule has 2 saturated heterocycles. The third-order valence-corrected chi connectivity index (χ3v) is 5.82. The number of halogens is 1. The van der Waals surface area contributed by atoms with Gasteiger partial charge in [-0.25, -0.2) is 4.39 Å². The van der Waals surface area contributed by atoms with Crippen molar-refractivity contribution in [2.24, 2.45) is 5.41 Å². The Morgan fingerprint density at radius 3 is 2.96 bits per heavy atom. The topological polar surface area (TPSA) is 78.5 Å². The Bertz CT molecular complexity index is 886. The number of likely N-dealkylation sites (tertiary alicyclic amines) is 2. The monoisotopic (exact) mass is 386 g/mol. The average Bonchev–Trinajstić information content (AvgIpc) is 3.38. The molecule has 1 spiro atoms. The molecule has 0 bridgehead atoms. The van der Waals surface area contributed by atoms with E-state index in [1.165, 1.54) is 19.4 Å². The molecule has 0 radical (unpaired) electrons. The number of nitrogens with one attached hydrogen (secondary N) is 1. The van der Waals surface area contributed by atoms with Gasteiger partial charge in [0.05, 0.1) is 24.3 Å². The van der Waals surface area contributed by atoms with Crippen molar-refractivity contribution in [2.75, 3.05) is 26.7 Å². The Morgan fingerprint density at radius 2 is 2.21 bits per heavy atom. The lowest BCUT2D eigenvalue weighted by molar-refractivity contribution is -0.146. The first-order chi connectivity index (χ1) is 13.5. The third-order valence-electron chi connectivity index (χ3n) is 5.82. The number of nitrogens with zero attached hydrogens (tertiary/aromatic N) is 3. The number of ether oxygens (including phenoxy) is 1. The second-order valence-electron chi connectivity index (χ2n) is 7.53. The van der Waals surface area contributed by atoms with E-state index in [0.29, 0.717) is 42.9 Å². The Hall–Kier alpha value is -2.90. The minimum Gasteiger partial charge on any atom is -0.497 e. The van der Waals surface area contributed by atoms with Gasteiger partial charge in [0, 0.05) is 37.9 Å². The van der Waals surface area contributed by atoms with E-state index in [9.17, 15) is 14.0 Å². The highest BCUT2D eigenvalue weighted by Gasteiger charge is 2.49. The zero-order valence-corrected chi connectivity index (χ0v) is 15.8. The maximum Gasteiger partial charge on any atom is 0.257 e. The quantitative estimate of drug-likeness (QED) is 0.874. The van der Waals surface area contributed by atoms with Gasteiger partial charge in [0.1, 0.15) is 11.6 Å². The summed E-state index contributed by atoms with van der Waals surface area (Å²) >= 11 is 0. The number of benzene rings is 1. The standard InChI is InChI=1S/C20H23FN4O3/c1-28-16-3-4-17(21)14(9-16)12-24-7-2-5-20(19(24)27)6-8-25(13-20)18(26)15-10-22-23-11-15/h3-4,9-11H,2,5-8,12-13H2,1H3,(H,22,23)/t20-/m1/s1. The second kappa shape index (κ2) is 7.26. The first-order valence-corrected chi connectivity index (χ1v) is 9.42. The summed E-state index contributed by atoms with van der Waals surface area (Å²) in [5.74, 6) is 0.0996. The summed E-state index contributed by atoms with van der Waals surface area (Å²) < 4.78 is 19.4. The van der Waals surface area contributed by atoms with Gasteiger partial charge in [-0.1, -0.05) is 0 Å². The summed E-state index contributed by atoms with van der Waals surface area (Å²) in [5, 5.41) is 6.47. The van der Waals surface area contributed by atoms with Crippen LogP contribution < -0.4 is 4.74 Å². The van der Waals surface area contributed by atoms with E-state index in [-0.39, 0.29) is 24.2 Å². The maximum absolute atomic E-state index is 14.2. The molecule has 2 amide bonds. The number of carbonyl (C=O) groups is 2. The molecule has 0 aliphatic carbocycles. The number of piperidine rings is 1. The smallest absolute Gasteiger partial charge is 0.257 e. The van der Waals surface area contributed by atoms with Crippen LogP contribution in [-0.4, -0.2) is 58.6 Å². The van der Waals surface area contributed by atoms with Gasteiger partial charge in [0.2, 0.25) is 5.91 Å². The van der Waals surface area contributed by atoms with E-state index in [1.807, 2.05) is 0 Å². The molecule has 0 saturated carbocycles. The van der Waals surface area contributed by atoms with Gasteiger partial charge in [-0.2, -0.15) is 5.10 Å². The van der Waals surface area contributed by atoms with Crippen molar-refractivity contribution in [2.45, 2.75) is 25.8 Å². The number of H-pyrrole nitrogens is 1. The highest BCUT2D eigenvalue weighted by molar-refractivity contribution is 5.95. The highest BCUT2D eigenvalue weighted by Crippen LogP contribution is 2.41. The van der Waals surface area contributed by atoms with E-state index >= 15 is 0 Å². The predicted octanol–water partition coefficient (Wildman–Crippen LogP) is 2.21. The number of aromatic amines is 1. The number of carbonyl (C=O) groups excluding carboxylic acids is 2. The second-order valence-corrected chi connectivity index (χ2v) is 7.53. The van der Waals surface area contributed by atoms with Gasteiger partial charge in [0.25, 0.3) is 5.91 Å². The lowest BCUT2D eigenvalue weighted by atomic mass is 9.78. The number of aromatic nitrogens is 2. The van der Waals surface area contributed by atoms with E-state index in [1.54, 1.807) is 28.1 Å². The van der Waals surface area contributed by atoms with Crippen LogP contribution in [0.2, 0.25) is 0 Å². The lowest BCUT2D eigenvalue weighted by Gasteiger charge is -2.39. The van der Waals surface area contributed by atoms with Crippen LogP contribution in [0.25, 0.3) is 0 Å². The molecule has 1 aromatic heterocycles. The van der Waals surface area contributed by atoms with Crippen molar-refractivity contribution < 1.29 is 18.7 Å². The van der Waals surface area contributed by atoms with Gasteiger partial charge in [-0.3, -0.25) is 14.7 Å². The van der Waals surface area contributed by atoms with Gasteiger partial charge >= 0.3 is 0 Å². The number of rotatable bonds is 4. The molecule has 28 heavy (non-hydrogen) atoms.